The zero-order valence-electron chi connectivity index (χ0n) is 12.0. The summed E-state index contributed by atoms with van der Waals surface area (Å²) in [5.41, 5.74) is 0.606. The average Bonchev–Trinajstić information content (AvgIpc) is 2.69. The maximum Gasteiger partial charge on any atom is 0.381 e. The highest BCUT2D eigenvalue weighted by Gasteiger charge is 2.44. The van der Waals surface area contributed by atoms with Gasteiger partial charge >= 0.3 is 5.97 Å². The quantitative estimate of drug-likeness (QED) is 0.440. The zero-order chi connectivity index (χ0) is 13.9. The molecule has 0 bridgehead atoms. The summed E-state index contributed by atoms with van der Waals surface area (Å²) < 4.78 is 0. The van der Waals surface area contributed by atoms with Gasteiger partial charge in [0.1, 0.15) is 0 Å². The van der Waals surface area contributed by atoms with Crippen molar-refractivity contribution in [2.24, 2.45) is 22.1 Å². The maximum atomic E-state index is 11.9. The largest absolute Gasteiger partial charge is 0.381 e. The van der Waals surface area contributed by atoms with Crippen LogP contribution < -0.4 is 0 Å². The average molecular weight is 254 g/mol. The molecular weight excluding hydrogens is 232 g/mol. The van der Waals surface area contributed by atoms with Gasteiger partial charge in [0.25, 0.3) is 0 Å². The fourth-order valence-corrected chi connectivity index (χ4v) is 1.30. The van der Waals surface area contributed by atoms with Crippen molar-refractivity contribution in [1.29, 1.82) is 0 Å². The summed E-state index contributed by atoms with van der Waals surface area (Å²) in [7, 11) is 0. The topological polar surface area (TPSA) is 60.2 Å². The van der Waals surface area contributed by atoms with E-state index < -0.39 is 11.6 Å². The van der Waals surface area contributed by atoms with Gasteiger partial charge < -0.3 is 9.68 Å². The third-order valence-electron chi connectivity index (χ3n) is 3.09. The fourth-order valence-electron chi connectivity index (χ4n) is 1.30. The monoisotopic (exact) mass is 254 g/mol. The van der Waals surface area contributed by atoms with Crippen LogP contribution in [0.3, 0.4) is 0 Å². The molecule has 0 amide bonds. The van der Waals surface area contributed by atoms with Gasteiger partial charge in [-0.15, -0.1) is 0 Å². The Morgan fingerprint density at radius 3 is 2.50 bits per heavy atom. The van der Waals surface area contributed by atoms with Gasteiger partial charge in [-0.1, -0.05) is 38.0 Å². The number of carbonyl (C=O) groups is 1. The first-order valence-corrected chi connectivity index (χ1v) is 6.27. The highest BCUT2D eigenvalue weighted by Crippen LogP contribution is 2.27. The van der Waals surface area contributed by atoms with Gasteiger partial charge in [-0.3, -0.25) is 0 Å². The second-order valence-corrected chi connectivity index (χ2v) is 5.50. The van der Waals surface area contributed by atoms with E-state index in [4.69, 9.17) is 9.68 Å². The summed E-state index contributed by atoms with van der Waals surface area (Å²) >= 11 is 0. The second kappa shape index (κ2) is 5.50. The van der Waals surface area contributed by atoms with Crippen LogP contribution in [0.25, 0.3) is 0 Å². The molecule has 0 saturated heterocycles. The van der Waals surface area contributed by atoms with Crippen molar-refractivity contribution in [3.63, 3.8) is 0 Å². The summed E-state index contributed by atoms with van der Waals surface area (Å²) in [6.45, 7) is 11.5. The van der Waals surface area contributed by atoms with Crippen LogP contribution in [0.15, 0.2) is 10.3 Å². The molecule has 0 saturated carbocycles. The molecule has 1 aliphatic rings. The van der Waals surface area contributed by atoms with Crippen LogP contribution in [0, 0.1) is 11.8 Å². The molecule has 0 N–H and O–H groups in total. The minimum atomic E-state index is -1.04. The van der Waals surface area contributed by atoms with Crippen LogP contribution in [-0.2, 0) is 14.5 Å². The van der Waals surface area contributed by atoms with Crippen LogP contribution in [0.4, 0.5) is 0 Å². The van der Waals surface area contributed by atoms with E-state index >= 15 is 0 Å². The zero-order valence-corrected chi connectivity index (χ0v) is 12.0. The van der Waals surface area contributed by atoms with Crippen LogP contribution in [0.1, 0.15) is 48.0 Å². The molecule has 0 aromatic carbocycles. The van der Waals surface area contributed by atoms with Crippen molar-refractivity contribution in [2.45, 2.75) is 53.6 Å². The highest BCUT2D eigenvalue weighted by atomic mass is 16.7. The van der Waals surface area contributed by atoms with E-state index in [2.05, 4.69) is 10.3 Å². The molecule has 0 aromatic heterocycles. The fraction of sp³-hybridized carbons (Fsp3) is 0.769. The van der Waals surface area contributed by atoms with Crippen molar-refractivity contribution in [2.75, 3.05) is 0 Å². The molecule has 1 rings (SSSR count). The van der Waals surface area contributed by atoms with Crippen molar-refractivity contribution >= 4 is 17.4 Å². The SMILES string of the molecule is C/C(=N\OC(=O)C1(C)CC(C(C)C)=NO1)C(C)C. The van der Waals surface area contributed by atoms with Gasteiger partial charge in [0.15, 0.2) is 0 Å². The van der Waals surface area contributed by atoms with Gasteiger partial charge in [-0.25, -0.2) is 4.79 Å². The summed E-state index contributed by atoms with van der Waals surface area (Å²) in [5, 5.41) is 7.76. The van der Waals surface area contributed by atoms with E-state index in [1.165, 1.54) is 0 Å². The first-order chi connectivity index (χ1) is 8.26. The van der Waals surface area contributed by atoms with Crippen molar-refractivity contribution in [3.8, 4) is 0 Å². The minimum absolute atomic E-state index is 0.248. The smallest absolute Gasteiger partial charge is 0.377 e. The Hall–Kier alpha value is -1.39. The molecule has 1 atom stereocenters. The standard InChI is InChI=1S/C13H22N2O3/c1-8(2)10(5)14-17-12(16)13(6)7-11(9(3)4)15-18-13/h8-9H,7H2,1-6H3/b14-10+. The Bertz CT molecular complexity index is 386. The molecular formula is C13H22N2O3. The van der Waals surface area contributed by atoms with E-state index in [1.807, 2.05) is 34.6 Å². The van der Waals surface area contributed by atoms with E-state index in [0.717, 1.165) is 11.4 Å². The predicted molar refractivity (Wildman–Crippen MR) is 70.4 cm³/mol. The maximum absolute atomic E-state index is 11.9. The molecule has 0 aliphatic carbocycles. The highest BCUT2D eigenvalue weighted by molar-refractivity contribution is 5.94. The molecule has 18 heavy (non-hydrogen) atoms. The lowest BCUT2D eigenvalue weighted by atomic mass is 9.94. The van der Waals surface area contributed by atoms with E-state index in [1.54, 1.807) is 6.92 Å². The molecule has 1 unspecified atom stereocenters. The lowest BCUT2D eigenvalue weighted by molar-refractivity contribution is -0.167. The summed E-state index contributed by atoms with van der Waals surface area (Å²) in [4.78, 5) is 22.1. The molecule has 0 radical (unpaired) electrons. The number of carbonyl (C=O) groups excluding carboxylic acids is 1. The molecule has 0 spiro atoms. The van der Waals surface area contributed by atoms with Gasteiger partial charge in [0.05, 0.1) is 11.4 Å². The van der Waals surface area contributed by atoms with E-state index in [9.17, 15) is 4.79 Å². The van der Waals surface area contributed by atoms with Crippen molar-refractivity contribution in [1.82, 2.24) is 0 Å². The molecule has 102 valence electrons. The summed E-state index contributed by atoms with van der Waals surface area (Å²) in [6.07, 6.45) is 0.458. The molecule has 1 aliphatic heterocycles. The van der Waals surface area contributed by atoms with E-state index in [-0.39, 0.29) is 11.8 Å². The molecule has 1 heterocycles. The third-order valence-corrected chi connectivity index (χ3v) is 3.09. The first kappa shape index (κ1) is 14.7. The Balaban J connectivity index is 2.62. The van der Waals surface area contributed by atoms with Gasteiger partial charge in [0.2, 0.25) is 5.60 Å². The second-order valence-electron chi connectivity index (χ2n) is 5.50. The Kier molecular flexibility index (Phi) is 4.48. The Labute approximate surface area is 108 Å². The van der Waals surface area contributed by atoms with Crippen molar-refractivity contribution < 1.29 is 14.5 Å². The Morgan fingerprint density at radius 1 is 1.44 bits per heavy atom. The van der Waals surface area contributed by atoms with E-state index in [0.29, 0.717) is 6.42 Å². The van der Waals surface area contributed by atoms with Gasteiger partial charge in [0, 0.05) is 6.42 Å². The number of nitrogens with zero attached hydrogens (tertiary/aromatic N) is 2. The van der Waals surface area contributed by atoms with Crippen molar-refractivity contribution in [3.05, 3.63) is 0 Å². The minimum Gasteiger partial charge on any atom is -0.377 e. The van der Waals surface area contributed by atoms with Crippen LogP contribution >= 0.6 is 0 Å². The number of rotatable bonds is 4. The first-order valence-electron chi connectivity index (χ1n) is 6.27. The molecule has 5 nitrogen and oxygen atoms in total. The third kappa shape index (κ3) is 3.31. The lowest BCUT2D eigenvalue weighted by Crippen LogP contribution is -2.37. The van der Waals surface area contributed by atoms with Gasteiger partial charge in [-0.2, -0.15) is 0 Å². The Morgan fingerprint density at radius 2 is 2.06 bits per heavy atom. The normalized spacial score (nSPS) is 24.2. The number of hydrogen-bond donors (Lipinski definition) is 0. The molecule has 0 aromatic rings. The van der Waals surface area contributed by atoms with Gasteiger partial charge in [-0.05, 0) is 25.7 Å². The number of hydrogen-bond acceptors (Lipinski definition) is 5. The number of oxime groups is 2. The van der Waals surface area contributed by atoms with Crippen LogP contribution in [0.5, 0.6) is 0 Å². The molecule has 0 fully saturated rings. The molecule has 5 heteroatoms. The van der Waals surface area contributed by atoms with Crippen LogP contribution in [0.2, 0.25) is 0 Å². The van der Waals surface area contributed by atoms with Crippen LogP contribution in [-0.4, -0.2) is 23.0 Å². The lowest BCUT2D eigenvalue weighted by Gasteiger charge is -2.17. The summed E-state index contributed by atoms with van der Waals surface area (Å²) in [5.74, 6) is 0.0139. The summed E-state index contributed by atoms with van der Waals surface area (Å²) in [6, 6.07) is 0. The predicted octanol–water partition coefficient (Wildman–Crippen LogP) is 2.75.